The highest BCUT2D eigenvalue weighted by atomic mass is 16.3. The van der Waals surface area contributed by atoms with E-state index in [2.05, 4.69) is 5.32 Å². The quantitative estimate of drug-likeness (QED) is 0.748. The third-order valence-corrected chi connectivity index (χ3v) is 3.08. The number of benzene rings is 2. The number of hydrogen-bond acceptors (Lipinski definition) is 3. The van der Waals surface area contributed by atoms with E-state index in [0.29, 0.717) is 18.8 Å². The number of hydrogen-bond donors (Lipinski definition) is 2. The van der Waals surface area contributed by atoms with Crippen LogP contribution < -0.4 is 5.32 Å². The first-order chi connectivity index (χ1) is 9.33. The molecule has 2 aromatic carbocycles. The van der Waals surface area contributed by atoms with E-state index in [9.17, 15) is 5.11 Å². The highest BCUT2D eigenvalue weighted by molar-refractivity contribution is 5.77. The van der Waals surface area contributed by atoms with Crippen LogP contribution >= 0.6 is 0 Å². The molecular formula is C16H15NO2. The zero-order valence-corrected chi connectivity index (χ0v) is 10.5. The number of furan rings is 1. The average molecular weight is 253 g/mol. The fourth-order valence-corrected chi connectivity index (χ4v) is 2.10. The molecule has 0 saturated heterocycles. The molecule has 96 valence electrons. The predicted molar refractivity (Wildman–Crippen MR) is 74.9 cm³/mol. The maximum Gasteiger partial charge on any atom is 0.134 e. The highest BCUT2D eigenvalue weighted by Gasteiger charge is 2.03. The van der Waals surface area contributed by atoms with E-state index in [1.165, 1.54) is 0 Å². The fraction of sp³-hybridized carbons (Fsp3) is 0.125. The summed E-state index contributed by atoms with van der Waals surface area (Å²) in [6.07, 6.45) is 0. The average Bonchev–Trinajstić information content (AvgIpc) is 2.83. The van der Waals surface area contributed by atoms with Crippen LogP contribution in [0.5, 0.6) is 5.75 Å². The number of para-hydroxylation sites is 2. The minimum atomic E-state index is 0.319. The molecule has 0 aliphatic carbocycles. The number of aromatic hydroxyl groups is 1. The van der Waals surface area contributed by atoms with Crippen molar-refractivity contribution in [3.8, 4) is 5.75 Å². The van der Waals surface area contributed by atoms with Gasteiger partial charge in [-0.1, -0.05) is 36.4 Å². The first kappa shape index (κ1) is 11.8. The van der Waals surface area contributed by atoms with Crippen LogP contribution in [0.4, 0.5) is 0 Å². The molecule has 0 unspecified atom stereocenters. The van der Waals surface area contributed by atoms with Gasteiger partial charge < -0.3 is 14.8 Å². The molecule has 3 aromatic rings. The molecule has 0 fully saturated rings. The third kappa shape index (κ3) is 2.61. The van der Waals surface area contributed by atoms with Crippen molar-refractivity contribution < 1.29 is 9.52 Å². The molecule has 19 heavy (non-hydrogen) atoms. The van der Waals surface area contributed by atoms with Gasteiger partial charge in [0.1, 0.15) is 17.1 Å². The molecule has 0 saturated carbocycles. The molecule has 2 N–H and O–H groups in total. The molecular weight excluding hydrogens is 238 g/mol. The van der Waals surface area contributed by atoms with Crippen molar-refractivity contribution in [1.82, 2.24) is 5.32 Å². The number of fused-ring (bicyclic) bond motifs is 1. The van der Waals surface area contributed by atoms with E-state index in [4.69, 9.17) is 4.42 Å². The van der Waals surface area contributed by atoms with Gasteiger partial charge >= 0.3 is 0 Å². The number of phenols is 1. The summed E-state index contributed by atoms with van der Waals surface area (Å²) in [5.74, 6) is 1.22. The lowest BCUT2D eigenvalue weighted by Crippen LogP contribution is -2.12. The molecule has 0 bridgehead atoms. The van der Waals surface area contributed by atoms with Crippen molar-refractivity contribution >= 4 is 11.0 Å². The van der Waals surface area contributed by atoms with Gasteiger partial charge in [-0.2, -0.15) is 0 Å². The summed E-state index contributed by atoms with van der Waals surface area (Å²) >= 11 is 0. The fourth-order valence-electron chi connectivity index (χ4n) is 2.10. The van der Waals surface area contributed by atoms with Crippen LogP contribution in [0.2, 0.25) is 0 Å². The largest absolute Gasteiger partial charge is 0.508 e. The van der Waals surface area contributed by atoms with Gasteiger partial charge in [0, 0.05) is 17.5 Å². The Hall–Kier alpha value is -2.26. The van der Waals surface area contributed by atoms with Gasteiger partial charge in [-0.25, -0.2) is 0 Å². The molecule has 0 aliphatic heterocycles. The van der Waals surface area contributed by atoms with Crippen LogP contribution in [0, 0.1) is 0 Å². The Morgan fingerprint density at radius 3 is 2.58 bits per heavy atom. The SMILES string of the molecule is Oc1ccccc1CNCc1cc2ccccc2o1. The molecule has 0 spiro atoms. The van der Waals surface area contributed by atoms with Gasteiger partial charge in [-0.15, -0.1) is 0 Å². The first-order valence-electron chi connectivity index (χ1n) is 6.28. The molecule has 1 aromatic heterocycles. The molecule has 3 heteroatoms. The molecule has 0 atom stereocenters. The van der Waals surface area contributed by atoms with Crippen molar-refractivity contribution in [2.24, 2.45) is 0 Å². The standard InChI is InChI=1S/C16H15NO2/c18-15-7-3-1-6-13(15)10-17-11-14-9-12-5-2-4-8-16(12)19-14/h1-9,17-18H,10-11H2. The number of phenolic OH excluding ortho intramolecular Hbond substituents is 1. The van der Waals surface area contributed by atoms with Crippen LogP contribution in [0.25, 0.3) is 11.0 Å². The normalized spacial score (nSPS) is 10.9. The zero-order valence-electron chi connectivity index (χ0n) is 10.5. The second kappa shape index (κ2) is 5.16. The van der Waals surface area contributed by atoms with E-state index < -0.39 is 0 Å². The lowest BCUT2D eigenvalue weighted by molar-refractivity contribution is 0.460. The Kier molecular flexibility index (Phi) is 3.21. The first-order valence-corrected chi connectivity index (χ1v) is 6.28. The summed E-state index contributed by atoms with van der Waals surface area (Å²) in [5, 5.41) is 14.0. The van der Waals surface area contributed by atoms with Crippen LogP contribution in [0.15, 0.2) is 59.0 Å². The van der Waals surface area contributed by atoms with Gasteiger partial charge in [0.05, 0.1) is 6.54 Å². The predicted octanol–water partition coefficient (Wildman–Crippen LogP) is 3.43. The van der Waals surface area contributed by atoms with Gasteiger partial charge in [0.2, 0.25) is 0 Å². The van der Waals surface area contributed by atoms with Crippen molar-refractivity contribution in [1.29, 1.82) is 0 Å². The monoisotopic (exact) mass is 253 g/mol. The lowest BCUT2D eigenvalue weighted by Gasteiger charge is -2.04. The number of rotatable bonds is 4. The minimum Gasteiger partial charge on any atom is -0.508 e. The third-order valence-electron chi connectivity index (χ3n) is 3.08. The van der Waals surface area contributed by atoms with Crippen LogP contribution in [-0.4, -0.2) is 5.11 Å². The topological polar surface area (TPSA) is 45.4 Å². The van der Waals surface area contributed by atoms with Crippen LogP contribution in [0.1, 0.15) is 11.3 Å². The summed E-state index contributed by atoms with van der Waals surface area (Å²) < 4.78 is 5.71. The Morgan fingerprint density at radius 2 is 1.74 bits per heavy atom. The summed E-state index contributed by atoms with van der Waals surface area (Å²) in [4.78, 5) is 0. The summed E-state index contributed by atoms with van der Waals surface area (Å²) in [6, 6.07) is 17.3. The molecule has 0 aliphatic rings. The van der Waals surface area contributed by atoms with E-state index in [1.807, 2.05) is 48.5 Å². The van der Waals surface area contributed by atoms with Gasteiger partial charge in [-0.3, -0.25) is 0 Å². The van der Waals surface area contributed by atoms with Crippen LogP contribution in [0.3, 0.4) is 0 Å². The molecule has 0 radical (unpaired) electrons. The Labute approximate surface area is 111 Å². The zero-order chi connectivity index (χ0) is 13.1. The van der Waals surface area contributed by atoms with Crippen molar-refractivity contribution in [2.75, 3.05) is 0 Å². The Balaban J connectivity index is 1.65. The van der Waals surface area contributed by atoms with Gasteiger partial charge in [0.15, 0.2) is 0 Å². The maximum absolute atomic E-state index is 9.66. The summed E-state index contributed by atoms with van der Waals surface area (Å²) in [5.41, 5.74) is 1.79. The number of nitrogens with one attached hydrogen (secondary N) is 1. The second-order valence-corrected chi connectivity index (χ2v) is 4.48. The lowest BCUT2D eigenvalue weighted by atomic mass is 10.2. The Morgan fingerprint density at radius 1 is 0.947 bits per heavy atom. The second-order valence-electron chi connectivity index (χ2n) is 4.48. The van der Waals surface area contributed by atoms with Crippen molar-refractivity contribution in [3.63, 3.8) is 0 Å². The summed E-state index contributed by atoms with van der Waals surface area (Å²) in [6.45, 7) is 1.26. The summed E-state index contributed by atoms with van der Waals surface area (Å²) in [7, 11) is 0. The minimum absolute atomic E-state index is 0.319. The molecule has 0 amide bonds. The van der Waals surface area contributed by atoms with Gasteiger partial charge in [-0.05, 0) is 18.2 Å². The van der Waals surface area contributed by atoms with Gasteiger partial charge in [0.25, 0.3) is 0 Å². The maximum atomic E-state index is 9.66. The van der Waals surface area contributed by atoms with Crippen molar-refractivity contribution in [2.45, 2.75) is 13.1 Å². The van der Waals surface area contributed by atoms with E-state index >= 15 is 0 Å². The molecule has 1 heterocycles. The van der Waals surface area contributed by atoms with Crippen molar-refractivity contribution in [3.05, 3.63) is 65.9 Å². The molecule has 3 rings (SSSR count). The van der Waals surface area contributed by atoms with Crippen LogP contribution in [-0.2, 0) is 13.1 Å². The van der Waals surface area contributed by atoms with E-state index in [-0.39, 0.29) is 0 Å². The Bertz CT molecular complexity index is 655. The van der Waals surface area contributed by atoms with E-state index in [0.717, 1.165) is 22.3 Å². The van der Waals surface area contributed by atoms with E-state index in [1.54, 1.807) is 6.07 Å². The smallest absolute Gasteiger partial charge is 0.134 e. The highest BCUT2D eigenvalue weighted by Crippen LogP contribution is 2.19. The molecule has 3 nitrogen and oxygen atoms in total.